The van der Waals surface area contributed by atoms with Gasteiger partial charge in [0, 0.05) is 18.2 Å². The van der Waals surface area contributed by atoms with Gasteiger partial charge >= 0.3 is 0 Å². The van der Waals surface area contributed by atoms with E-state index in [0.717, 1.165) is 10.9 Å². The zero-order valence-corrected chi connectivity index (χ0v) is 12.0. The van der Waals surface area contributed by atoms with Crippen molar-refractivity contribution in [2.24, 2.45) is 0 Å². The number of ether oxygens (including phenoxy) is 1. The van der Waals surface area contributed by atoms with Gasteiger partial charge in [0.25, 0.3) is 0 Å². The Bertz CT molecular complexity index is 463. The second-order valence-electron chi connectivity index (χ2n) is 3.49. The van der Waals surface area contributed by atoms with Crippen molar-refractivity contribution >= 4 is 25.8 Å². The maximum Gasteiger partial charge on any atom is 0.181 e. The number of benzene rings is 1. The molecule has 0 fully saturated rings. The van der Waals surface area contributed by atoms with E-state index in [-0.39, 0.29) is 5.75 Å². The third-order valence-corrected chi connectivity index (χ3v) is 4.29. The maximum absolute atomic E-state index is 11.9. The van der Waals surface area contributed by atoms with Crippen molar-refractivity contribution in [3.05, 3.63) is 40.9 Å². The summed E-state index contributed by atoms with van der Waals surface area (Å²) in [7, 11) is -1.60. The standard InChI is InChI=1S/C12H15BrO3S/c1-16-9-3-2-4-10-17(14,15)12-7-5-11(13)6-8-12/h2,4-8H,3,9-10H2,1H3/b4-2+. The molecule has 0 radical (unpaired) electrons. The summed E-state index contributed by atoms with van der Waals surface area (Å²) < 4.78 is 29.5. The number of halogens is 1. The summed E-state index contributed by atoms with van der Waals surface area (Å²) in [5, 5.41) is 0. The van der Waals surface area contributed by atoms with Crippen LogP contribution in [0.2, 0.25) is 0 Å². The van der Waals surface area contributed by atoms with Gasteiger partial charge in [-0.25, -0.2) is 8.42 Å². The number of hydrogen-bond donors (Lipinski definition) is 0. The molecule has 0 unspecified atom stereocenters. The SMILES string of the molecule is COCC/C=C/CS(=O)(=O)c1ccc(Br)cc1. The molecule has 0 saturated heterocycles. The molecule has 0 atom stereocenters. The van der Waals surface area contributed by atoms with Crippen LogP contribution < -0.4 is 0 Å². The number of methoxy groups -OCH3 is 1. The molecule has 1 rings (SSSR count). The summed E-state index contributed by atoms with van der Waals surface area (Å²) in [5.41, 5.74) is 0. The molecule has 0 heterocycles. The Hall–Kier alpha value is -0.650. The average molecular weight is 319 g/mol. The van der Waals surface area contributed by atoms with Crippen LogP contribution in [0.25, 0.3) is 0 Å². The van der Waals surface area contributed by atoms with Gasteiger partial charge in [-0.05, 0) is 30.7 Å². The molecule has 0 N–H and O–H groups in total. The topological polar surface area (TPSA) is 43.4 Å². The highest BCUT2D eigenvalue weighted by Crippen LogP contribution is 2.15. The molecule has 3 nitrogen and oxygen atoms in total. The fraction of sp³-hybridized carbons (Fsp3) is 0.333. The van der Waals surface area contributed by atoms with E-state index in [4.69, 9.17) is 4.74 Å². The summed E-state index contributed by atoms with van der Waals surface area (Å²) in [6.45, 7) is 0.606. The van der Waals surface area contributed by atoms with Gasteiger partial charge in [-0.3, -0.25) is 0 Å². The molecule has 0 amide bonds. The first-order valence-corrected chi connectivity index (χ1v) is 7.63. The lowest BCUT2D eigenvalue weighted by molar-refractivity contribution is 0.204. The molecule has 0 aromatic heterocycles. The molecule has 0 saturated carbocycles. The molecule has 0 aliphatic heterocycles. The first-order valence-electron chi connectivity index (χ1n) is 5.18. The second kappa shape index (κ2) is 6.93. The molecule has 1 aromatic carbocycles. The van der Waals surface area contributed by atoms with Crippen molar-refractivity contribution in [1.82, 2.24) is 0 Å². The minimum atomic E-state index is -3.21. The molecule has 0 aliphatic carbocycles. The Morgan fingerprint density at radius 1 is 1.24 bits per heavy atom. The van der Waals surface area contributed by atoms with Gasteiger partial charge in [0.2, 0.25) is 0 Å². The van der Waals surface area contributed by atoms with Crippen molar-refractivity contribution < 1.29 is 13.2 Å². The summed E-state index contributed by atoms with van der Waals surface area (Å²) in [6, 6.07) is 6.65. The lowest BCUT2D eigenvalue weighted by atomic mass is 10.4. The number of hydrogen-bond acceptors (Lipinski definition) is 3. The number of rotatable bonds is 6. The molecule has 0 aliphatic rings. The highest BCUT2D eigenvalue weighted by molar-refractivity contribution is 9.10. The summed E-state index contributed by atoms with van der Waals surface area (Å²) >= 11 is 3.27. The maximum atomic E-state index is 11.9. The lowest BCUT2D eigenvalue weighted by Crippen LogP contribution is -2.04. The molecule has 0 bridgehead atoms. The van der Waals surface area contributed by atoms with E-state index >= 15 is 0 Å². The monoisotopic (exact) mass is 318 g/mol. The van der Waals surface area contributed by atoms with Crippen LogP contribution in [0.1, 0.15) is 6.42 Å². The smallest absolute Gasteiger partial charge is 0.181 e. The Morgan fingerprint density at radius 3 is 2.47 bits per heavy atom. The van der Waals surface area contributed by atoms with Gasteiger partial charge in [-0.15, -0.1) is 0 Å². The molecule has 0 spiro atoms. The molecule has 1 aromatic rings. The third-order valence-electron chi connectivity index (χ3n) is 2.14. The van der Waals surface area contributed by atoms with E-state index in [1.807, 2.05) is 6.08 Å². The fourth-order valence-corrected chi connectivity index (χ4v) is 2.63. The van der Waals surface area contributed by atoms with E-state index < -0.39 is 9.84 Å². The molecular formula is C12H15BrO3S. The highest BCUT2D eigenvalue weighted by Gasteiger charge is 2.11. The first-order chi connectivity index (χ1) is 8.06. The Balaban J connectivity index is 2.63. The van der Waals surface area contributed by atoms with E-state index in [2.05, 4.69) is 15.9 Å². The zero-order valence-electron chi connectivity index (χ0n) is 9.60. The van der Waals surface area contributed by atoms with Gasteiger partial charge in [-0.2, -0.15) is 0 Å². The van der Waals surface area contributed by atoms with Gasteiger partial charge in [-0.1, -0.05) is 28.1 Å². The van der Waals surface area contributed by atoms with Crippen molar-refractivity contribution in [2.45, 2.75) is 11.3 Å². The highest BCUT2D eigenvalue weighted by atomic mass is 79.9. The minimum Gasteiger partial charge on any atom is -0.384 e. The zero-order chi connectivity index (χ0) is 12.7. The van der Waals surface area contributed by atoms with Crippen LogP contribution in [0, 0.1) is 0 Å². The van der Waals surface area contributed by atoms with Crippen LogP contribution in [0.15, 0.2) is 45.8 Å². The van der Waals surface area contributed by atoms with Crippen molar-refractivity contribution in [1.29, 1.82) is 0 Å². The van der Waals surface area contributed by atoms with Crippen molar-refractivity contribution in [3.63, 3.8) is 0 Å². The van der Waals surface area contributed by atoms with Gasteiger partial charge in [0.15, 0.2) is 9.84 Å². The minimum absolute atomic E-state index is 0.0261. The Morgan fingerprint density at radius 2 is 1.88 bits per heavy atom. The van der Waals surface area contributed by atoms with Crippen LogP contribution in [0.3, 0.4) is 0 Å². The predicted molar refractivity (Wildman–Crippen MR) is 71.8 cm³/mol. The van der Waals surface area contributed by atoms with E-state index in [1.165, 1.54) is 0 Å². The Labute approximate surface area is 111 Å². The third kappa shape index (κ3) is 5.02. The van der Waals surface area contributed by atoms with Gasteiger partial charge < -0.3 is 4.74 Å². The van der Waals surface area contributed by atoms with Gasteiger partial charge in [0.1, 0.15) is 0 Å². The molecule has 5 heteroatoms. The van der Waals surface area contributed by atoms with Crippen molar-refractivity contribution in [3.8, 4) is 0 Å². The largest absolute Gasteiger partial charge is 0.384 e. The molecule has 17 heavy (non-hydrogen) atoms. The Kier molecular flexibility index (Phi) is 5.88. The van der Waals surface area contributed by atoms with Crippen LogP contribution in [0.5, 0.6) is 0 Å². The van der Waals surface area contributed by atoms with Crippen LogP contribution in [-0.2, 0) is 14.6 Å². The van der Waals surface area contributed by atoms with E-state index in [0.29, 0.717) is 11.5 Å². The van der Waals surface area contributed by atoms with Crippen molar-refractivity contribution in [2.75, 3.05) is 19.5 Å². The second-order valence-corrected chi connectivity index (χ2v) is 6.44. The van der Waals surface area contributed by atoms with E-state index in [9.17, 15) is 8.42 Å². The summed E-state index contributed by atoms with van der Waals surface area (Å²) in [6.07, 6.45) is 4.21. The average Bonchev–Trinajstić information content (AvgIpc) is 2.29. The van der Waals surface area contributed by atoms with Crippen LogP contribution in [-0.4, -0.2) is 27.9 Å². The number of sulfone groups is 1. The first kappa shape index (κ1) is 14.4. The summed E-state index contributed by atoms with van der Waals surface area (Å²) in [4.78, 5) is 0.345. The molecule has 94 valence electrons. The predicted octanol–water partition coefficient (Wildman–Crippen LogP) is 2.82. The fourth-order valence-electron chi connectivity index (χ4n) is 1.24. The van der Waals surface area contributed by atoms with E-state index in [1.54, 1.807) is 37.5 Å². The van der Waals surface area contributed by atoms with Crippen LogP contribution in [0.4, 0.5) is 0 Å². The quantitative estimate of drug-likeness (QED) is 0.598. The molecular weight excluding hydrogens is 304 g/mol. The normalized spacial score (nSPS) is 12.1. The van der Waals surface area contributed by atoms with Crippen LogP contribution >= 0.6 is 15.9 Å². The lowest BCUT2D eigenvalue weighted by Gasteiger charge is -2.01. The van der Waals surface area contributed by atoms with Gasteiger partial charge in [0.05, 0.1) is 10.6 Å². The summed E-state index contributed by atoms with van der Waals surface area (Å²) in [5.74, 6) is 0.0261.